The van der Waals surface area contributed by atoms with Crippen LogP contribution in [0, 0.1) is 5.92 Å². The predicted molar refractivity (Wildman–Crippen MR) is 97.2 cm³/mol. The van der Waals surface area contributed by atoms with Crippen molar-refractivity contribution < 1.29 is 9.59 Å². The largest absolute Gasteiger partial charge is 0.355 e. The minimum absolute atomic E-state index is 0.00845. The molecule has 2 heterocycles. The number of amides is 2. The molecule has 1 aromatic carbocycles. The Morgan fingerprint density at radius 1 is 1.24 bits per heavy atom. The molecule has 1 N–H and O–H groups in total. The average Bonchev–Trinajstić information content (AvgIpc) is 3.04. The van der Waals surface area contributed by atoms with Crippen LogP contribution in [0.25, 0.3) is 0 Å². The number of anilines is 1. The highest BCUT2D eigenvalue weighted by Gasteiger charge is 2.34. The van der Waals surface area contributed by atoms with Crippen molar-refractivity contribution in [2.45, 2.75) is 26.2 Å². The topological polar surface area (TPSA) is 62.3 Å². The molecule has 0 radical (unpaired) electrons. The van der Waals surface area contributed by atoms with Crippen molar-refractivity contribution in [1.82, 2.24) is 10.3 Å². The zero-order chi connectivity index (χ0) is 17.6. The minimum Gasteiger partial charge on any atom is -0.355 e. The summed E-state index contributed by atoms with van der Waals surface area (Å²) in [6.45, 7) is 3.08. The summed E-state index contributed by atoms with van der Waals surface area (Å²) in [6.07, 6.45) is 3.67. The predicted octanol–water partition coefficient (Wildman–Crippen LogP) is 2.36. The summed E-state index contributed by atoms with van der Waals surface area (Å²) < 4.78 is 0. The first kappa shape index (κ1) is 17.1. The molecular weight excluding hydrogens is 314 g/mol. The van der Waals surface area contributed by atoms with Gasteiger partial charge in [0.25, 0.3) is 0 Å². The Bertz CT molecular complexity index is 728. The van der Waals surface area contributed by atoms with E-state index in [1.807, 2.05) is 42.5 Å². The Kier molecular flexibility index (Phi) is 5.43. The number of aromatic nitrogens is 1. The van der Waals surface area contributed by atoms with Crippen LogP contribution in [0.1, 0.15) is 24.6 Å². The van der Waals surface area contributed by atoms with Gasteiger partial charge >= 0.3 is 0 Å². The Morgan fingerprint density at radius 2 is 2.04 bits per heavy atom. The number of carbonyl (C=O) groups is 2. The van der Waals surface area contributed by atoms with Crippen LogP contribution in [-0.2, 0) is 22.4 Å². The summed E-state index contributed by atoms with van der Waals surface area (Å²) in [7, 11) is 0. The number of nitrogens with one attached hydrogen (secondary N) is 1. The number of benzene rings is 1. The van der Waals surface area contributed by atoms with Gasteiger partial charge in [-0.3, -0.25) is 14.6 Å². The molecule has 1 aliphatic heterocycles. The zero-order valence-electron chi connectivity index (χ0n) is 14.4. The van der Waals surface area contributed by atoms with E-state index in [1.165, 1.54) is 5.56 Å². The standard InChI is InChI=1S/C20H23N3O2/c1-2-15-6-8-18(9-7-15)23-14-16(13-19(23)24)20(25)22-12-10-17-5-3-4-11-21-17/h3-9,11,16H,2,10,12-14H2,1H3,(H,22,25). The smallest absolute Gasteiger partial charge is 0.227 e. The molecule has 1 fully saturated rings. The molecule has 1 aliphatic rings. The Labute approximate surface area is 148 Å². The van der Waals surface area contributed by atoms with E-state index in [-0.39, 0.29) is 24.2 Å². The lowest BCUT2D eigenvalue weighted by Crippen LogP contribution is -2.34. The fraction of sp³-hybridized carbons (Fsp3) is 0.350. The fourth-order valence-electron chi connectivity index (χ4n) is 3.05. The molecule has 3 rings (SSSR count). The normalized spacial score (nSPS) is 16.9. The average molecular weight is 337 g/mol. The van der Waals surface area contributed by atoms with Crippen LogP contribution in [0.3, 0.4) is 0 Å². The quantitative estimate of drug-likeness (QED) is 0.880. The maximum atomic E-state index is 12.3. The van der Waals surface area contributed by atoms with E-state index in [0.717, 1.165) is 17.8 Å². The van der Waals surface area contributed by atoms with Gasteiger partial charge < -0.3 is 10.2 Å². The zero-order valence-corrected chi connectivity index (χ0v) is 14.4. The highest BCUT2D eigenvalue weighted by atomic mass is 16.2. The summed E-state index contributed by atoms with van der Waals surface area (Å²) >= 11 is 0. The summed E-state index contributed by atoms with van der Waals surface area (Å²) in [6, 6.07) is 13.7. The van der Waals surface area contributed by atoms with Gasteiger partial charge in [0.2, 0.25) is 11.8 Å². The van der Waals surface area contributed by atoms with Crippen LogP contribution < -0.4 is 10.2 Å². The minimum atomic E-state index is -0.290. The van der Waals surface area contributed by atoms with Crippen molar-refractivity contribution in [3.05, 3.63) is 59.9 Å². The number of aryl methyl sites for hydroxylation is 1. The van der Waals surface area contributed by atoms with Crippen molar-refractivity contribution in [2.75, 3.05) is 18.0 Å². The van der Waals surface area contributed by atoms with Crippen LogP contribution in [-0.4, -0.2) is 29.9 Å². The van der Waals surface area contributed by atoms with E-state index >= 15 is 0 Å². The SMILES string of the molecule is CCc1ccc(N2CC(C(=O)NCCc3ccccn3)CC2=O)cc1. The van der Waals surface area contributed by atoms with Crippen molar-refractivity contribution in [1.29, 1.82) is 0 Å². The van der Waals surface area contributed by atoms with Crippen LogP contribution in [0.4, 0.5) is 5.69 Å². The third-order valence-corrected chi connectivity index (χ3v) is 4.56. The van der Waals surface area contributed by atoms with Crippen LogP contribution in [0.15, 0.2) is 48.7 Å². The molecule has 0 spiro atoms. The van der Waals surface area contributed by atoms with Gasteiger partial charge in [0, 0.05) is 43.5 Å². The molecule has 0 aliphatic carbocycles. The molecule has 0 bridgehead atoms. The molecule has 1 unspecified atom stereocenters. The second-order valence-electron chi connectivity index (χ2n) is 6.29. The Balaban J connectivity index is 1.53. The van der Waals surface area contributed by atoms with E-state index in [0.29, 0.717) is 19.5 Å². The van der Waals surface area contributed by atoms with Gasteiger partial charge in [-0.2, -0.15) is 0 Å². The van der Waals surface area contributed by atoms with Crippen molar-refractivity contribution in [2.24, 2.45) is 5.92 Å². The van der Waals surface area contributed by atoms with E-state index in [4.69, 9.17) is 0 Å². The van der Waals surface area contributed by atoms with Gasteiger partial charge in [0.1, 0.15) is 0 Å². The monoisotopic (exact) mass is 337 g/mol. The summed E-state index contributed by atoms with van der Waals surface area (Å²) in [5.41, 5.74) is 3.05. The molecule has 2 amide bonds. The van der Waals surface area contributed by atoms with Crippen LogP contribution in [0.5, 0.6) is 0 Å². The number of hydrogen-bond acceptors (Lipinski definition) is 3. The van der Waals surface area contributed by atoms with E-state index in [1.54, 1.807) is 11.1 Å². The lowest BCUT2D eigenvalue weighted by atomic mass is 10.1. The molecular formula is C20H23N3O2. The van der Waals surface area contributed by atoms with Gasteiger partial charge in [0.05, 0.1) is 5.92 Å². The lowest BCUT2D eigenvalue weighted by Gasteiger charge is -2.17. The van der Waals surface area contributed by atoms with Crippen LogP contribution in [0.2, 0.25) is 0 Å². The van der Waals surface area contributed by atoms with Gasteiger partial charge in [-0.25, -0.2) is 0 Å². The van der Waals surface area contributed by atoms with Crippen molar-refractivity contribution in [3.8, 4) is 0 Å². The summed E-state index contributed by atoms with van der Waals surface area (Å²) in [5.74, 6) is -0.340. The molecule has 0 saturated carbocycles. The number of hydrogen-bond donors (Lipinski definition) is 1. The molecule has 5 heteroatoms. The molecule has 1 aromatic heterocycles. The third kappa shape index (κ3) is 4.24. The molecule has 5 nitrogen and oxygen atoms in total. The molecule has 1 saturated heterocycles. The van der Waals surface area contributed by atoms with Gasteiger partial charge in [-0.1, -0.05) is 25.1 Å². The summed E-state index contributed by atoms with van der Waals surface area (Å²) in [5, 5.41) is 2.93. The second-order valence-corrected chi connectivity index (χ2v) is 6.29. The third-order valence-electron chi connectivity index (χ3n) is 4.56. The number of carbonyl (C=O) groups excluding carboxylic acids is 2. The fourth-order valence-corrected chi connectivity index (χ4v) is 3.05. The maximum Gasteiger partial charge on any atom is 0.227 e. The first-order chi connectivity index (χ1) is 12.2. The molecule has 2 aromatic rings. The number of rotatable bonds is 6. The molecule has 130 valence electrons. The van der Waals surface area contributed by atoms with Crippen molar-refractivity contribution >= 4 is 17.5 Å². The van der Waals surface area contributed by atoms with E-state index in [2.05, 4.69) is 17.2 Å². The Hall–Kier alpha value is -2.69. The van der Waals surface area contributed by atoms with Crippen molar-refractivity contribution in [3.63, 3.8) is 0 Å². The van der Waals surface area contributed by atoms with Gasteiger partial charge in [-0.05, 0) is 36.2 Å². The number of pyridine rings is 1. The second kappa shape index (κ2) is 7.92. The maximum absolute atomic E-state index is 12.3. The number of nitrogens with zero attached hydrogens (tertiary/aromatic N) is 2. The molecule has 25 heavy (non-hydrogen) atoms. The first-order valence-corrected chi connectivity index (χ1v) is 8.74. The Morgan fingerprint density at radius 3 is 2.72 bits per heavy atom. The van der Waals surface area contributed by atoms with Gasteiger partial charge in [-0.15, -0.1) is 0 Å². The van der Waals surface area contributed by atoms with Crippen LogP contribution >= 0.6 is 0 Å². The van der Waals surface area contributed by atoms with E-state index in [9.17, 15) is 9.59 Å². The lowest BCUT2D eigenvalue weighted by molar-refractivity contribution is -0.126. The highest BCUT2D eigenvalue weighted by molar-refractivity contribution is 6.00. The van der Waals surface area contributed by atoms with E-state index < -0.39 is 0 Å². The first-order valence-electron chi connectivity index (χ1n) is 8.74. The highest BCUT2D eigenvalue weighted by Crippen LogP contribution is 2.25. The summed E-state index contributed by atoms with van der Waals surface area (Å²) in [4.78, 5) is 30.6. The molecule has 1 atom stereocenters. The van der Waals surface area contributed by atoms with Gasteiger partial charge in [0.15, 0.2) is 0 Å².